The molecule has 0 unspecified atom stereocenters. The Hall–Kier alpha value is 0.0200. The van der Waals surface area contributed by atoms with Crippen LogP contribution in [0.5, 0.6) is 0 Å². The summed E-state index contributed by atoms with van der Waals surface area (Å²) in [5, 5.41) is 0. The molecule has 51 valence electrons. The van der Waals surface area contributed by atoms with Gasteiger partial charge in [0.2, 0.25) is 0 Å². The first-order valence-electron chi connectivity index (χ1n) is 3.11. The van der Waals surface area contributed by atoms with E-state index < -0.39 is 0 Å². The Balaban J connectivity index is 2.53. The van der Waals surface area contributed by atoms with Crippen molar-refractivity contribution < 1.29 is 0 Å². The van der Waals surface area contributed by atoms with Crippen LogP contribution < -0.4 is 0 Å². The average molecular weight is 142 g/mol. The van der Waals surface area contributed by atoms with Crippen LogP contribution >= 0.6 is 11.8 Å². The van der Waals surface area contributed by atoms with E-state index >= 15 is 0 Å². The summed E-state index contributed by atoms with van der Waals surface area (Å²) in [5.41, 5.74) is 2.21. The van der Waals surface area contributed by atoms with E-state index in [1.54, 1.807) is 11.8 Å². The summed E-state index contributed by atoms with van der Waals surface area (Å²) >= 11 is 1.78. The predicted molar refractivity (Wildman–Crippen MR) is 43.6 cm³/mol. The van der Waals surface area contributed by atoms with Crippen molar-refractivity contribution in [3.8, 4) is 0 Å². The van der Waals surface area contributed by atoms with Gasteiger partial charge in [0.1, 0.15) is 6.04 Å². The maximum absolute atomic E-state index is 4.26. The third kappa shape index (κ3) is 1.71. The first-order valence-corrected chi connectivity index (χ1v) is 4.16. The van der Waals surface area contributed by atoms with Crippen LogP contribution in [0.3, 0.4) is 0 Å². The molecule has 2 heteroatoms. The third-order valence-corrected chi connectivity index (χ3v) is 2.06. The molecule has 0 N–H and O–H groups in total. The Morgan fingerprint density at radius 3 is 2.44 bits per heavy atom. The van der Waals surface area contributed by atoms with Gasteiger partial charge in [0, 0.05) is 5.75 Å². The normalized spacial score (nSPS) is 21.2. The van der Waals surface area contributed by atoms with Crippen LogP contribution in [0.2, 0.25) is 0 Å². The SMILES string of the molecule is CC(C)(C)[C]1CSC=N1. The zero-order chi connectivity index (χ0) is 6.91. The van der Waals surface area contributed by atoms with Crippen LogP contribution in [0.15, 0.2) is 4.99 Å². The number of rotatable bonds is 0. The molecule has 1 rings (SSSR count). The molecular weight excluding hydrogens is 130 g/mol. The molecule has 1 aliphatic rings. The lowest BCUT2D eigenvalue weighted by Crippen LogP contribution is -2.15. The van der Waals surface area contributed by atoms with E-state index in [4.69, 9.17) is 0 Å². The van der Waals surface area contributed by atoms with Gasteiger partial charge in [-0.15, -0.1) is 11.8 Å². The summed E-state index contributed by atoms with van der Waals surface area (Å²) in [6.45, 7) is 6.60. The second-order valence-electron chi connectivity index (χ2n) is 3.24. The summed E-state index contributed by atoms with van der Waals surface area (Å²) in [7, 11) is 0. The fourth-order valence-corrected chi connectivity index (χ4v) is 1.61. The number of hydrogen-bond acceptors (Lipinski definition) is 2. The van der Waals surface area contributed by atoms with Gasteiger partial charge >= 0.3 is 0 Å². The molecule has 9 heavy (non-hydrogen) atoms. The molecule has 1 nitrogen and oxygen atoms in total. The van der Waals surface area contributed by atoms with Gasteiger partial charge in [-0.1, -0.05) is 20.8 Å². The molecule has 1 heterocycles. The first kappa shape index (κ1) is 7.13. The maximum atomic E-state index is 4.26. The minimum Gasteiger partial charge on any atom is -0.276 e. The lowest BCUT2D eigenvalue weighted by atomic mass is 9.88. The zero-order valence-electron chi connectivity index (χ0n) is 6.14. The summed E-state index contributed by atoms with van der Waals surface area (Å²) in [5.74, 6) is 1.09. The van der Waals surface area contributed by atoms with E-state index in [0.29, 0.717) is 0 Å². The molecule has 0 atom stereocenters. The van der Waals surface area contributed by atoms with E-state index in [1.165, 1.54) is 6.04 Å². The van der Waals surface area contributed by atoms with Crippen molar-refractivity contribution in [2.24, 2.45) is 10.4 Å². The van der Waals surface area contributed by atoms with Crippen molar-refractivity contribution in [1.29, 1.82) is 0 Å². The fourth-order valence-electron chi connectivity index (χ4n) is 0.665. The highest BCUT2D eigenvalue weighted by Gasteiger charge is 2.26. The average Bonchev–Trinajstić information content (AvgIpc) is 2.08. The fraction of sp³-hybridized carbons (Fsp3) is 0.714. The summed E-state index contributed by atoms with van der Waals surface area (Å²) in [6, 6.07) is 1.31. The van der Waals surface area contributed by atoms with E-state index in [1.807, 2.05) is 5.55 Å². The standard InChI is InChI=1S/C7H12NS/c1-7(2,3)6-4-9-5-8-6/h5H,4H2,1-3H3. The molecule has 0 saturated carbocycles. The number of hydrogen-bond donors (Lipinski definition) is 0. The van der Waals surface area contributed by atoms with Crippen molar-refractivity contribution in [2.45, 2.75) is 20.8 Å². The molecule has 0 aliphatic carbocycles. The monoisotopic (exact) mass is 142 g/mol. The van der Waals surface area contributed by atoms with Gasteiger partial charge in [0.05, 0.1) is 5.55 Å². The largest absolute Gasteiger partial charge is 0.276 e. The number of nitrogens with zero attached hydrogens (tertiary/aromatic N) is 1. The zero-order valence-corrected chi connectivity index (χ0v) is 6.96. The van der Waals surface area contributed by atoms with Crippen molar-refractivity contribution in [3.63, 3.8) is 0 Å². The van der Waals surface area contributed by atoms with Crippen molar-refractivity contribution in [3.05, 3.63) is 6.04 Å². The highest BCUT2D eigenvalue weighted by Crippen LogP contribution is 2.34. The van der Waals surface area contributed by atoms with Crippen LogP contribution in [0.1, 0.15) is 20.8 Å². The topological polar surface area (TPSA) is 12.4 Å². The van der Waals surface area contributed by atoms with Crippen molar-refractivity contribution in [2.75, 3.05) is 5.75 Å². The Morgan fingerprint density at radius 2 is 2.22 bits per heavy atom. The lowest BCUT2D eigenvalue weighted by Gasteiger charge is -2.21. The van der Waals surface area contributed by atoms with Gasteiger partial charge in [-0.3, -0.25) is 4.99 Å². The third-order valence-electron chi connectivity index (χ3n) is 1.37. The van der Waals surface area contributed by atoms with Gasteiger partial charge in [-0.25, -0.2) is 0 Å². The van der Waals surface area contributed by atoms with E-state index in [9.17, 15) is 0 Å². The molecule has 1 radical (unpaired) electrons. The van der Waals surface area contributed by atoms with Gasteiger partial charge < -0.3 is 0 Å². The smallest absolute Gasteiger partial charge is 0.102 e. The summed E-state index contributed by atoms with van der Waals surface area (Å²) < 4.78 is 0. The van der Waals surface area contributed by atoms with E-state index in [-0.39, 0.29) is 5.41 Å². The molecule has 0 aromatic heterocycles. The van der Waals surface area contributed by atoms with E-state index in [2.05, 4.69) is 25.8 Å². The quantitative estimate of drug-likeness (QED) is 0.505. The van der Waals surface area contributed by atoms with Gasteiger partial charge in [0.15, 0.2) is 0 Å². The second kappa shape index (κ2) is 2.33. The van der Waals surface area contributed by atoms with Crippen LogP contribution in [0, 0.1) is 11.5 Å². The first-order chi connectivity index (χ1) is 4.11. The van der Waals surface area contributed by atoms with Crippen LogP contribution in [-0.4, -0.2) is 11.3 Å². The molecule has 0 spiro atoms. The van der Waals surface area contributed by atoms with Gasteiger partial charge in [-0.2, -0.15) is 0 Å². The van der Waals surface area contributed by atoms with Crippen molar-refractivity contribution in [1.82, 2.24) is 0 Å². The minimum atomic E-state index is 0.278. The Kier molecular flexibility index (Phi) is 1.85. The molecule has 0 bridgehead atoms. The summed E-state index contributed by atoms with van der Waals surface area (Å²) in [6.07, 6.45) is 0. The molecule has 0 saturated heterocycles. The summed E-state index contributed by atoms with van der Waals surface area (Å²) in [4.78, 5) is 4.26. The molecule has 0 fully saturated rings. The maximum Gasteiger partial charge on any atom is 0.102 e. The second-order valence-corrected chi connectivity index (χ2v) is 4.08. The highest BCUT2D eigenvalue weighted by atomic mass is 32.2. The van der Waals surface area contributed by atoms with Crippen LogP contribution in [-0.2, 0) is 0 Å². The Labute approximate surface area is 60.9 Å². The number of aliphatic imine (C=N–C) groups is 1. The van der Waals surface area contributed by atoms with Gasteiger partial charge in [-0.05, 0) is 5.41 Å². The number of thioether (sulfide) groups is 1. The Morgan fingerprint density at radius 1 is 1.56 bits per heavy atom. The van der Waals surface area contributed by atoms with Crippen LogP contribution in [0.25, 0.3) is 0 Å². The predicted octanol–water partition coefficient (Wildman–Crippen LogP) is 2.34. The molecule has 0 aromatic carbocycles. The van der Waals surface area contributed by atoms with Gasteiger partial charge in [0.25, 0.3) is 0 Å². The van der Waals surface area contributed by atoms with E-state index in [0.717, 1.165) is 5.75 Å². The van der Waals surface area contributed by atoms with Crippen LogP contribution in [0.4, 0.5) is 0 Å². The minimum absolute atomic E-state index is 0.278. The molecule has 0 aromatic rings. The highest BCUT2D eigenvalue weighted by molar-refractivity contribution is 8.12. The lowest BCUT2D eigenvalue weighted by molar-refractivity contribution is 0.436. The Bertz CT molecular complexity index is 123. The van der Waals surface area contributed by atoms with Crippen molar-refractivity contribution >= 4 is 17.3 Å². The molecule has 1 aliphatic heterocycles. The molecular formula is C7H12NS. The molecule has 0 amide bonds.